The minimum Gasteiger partial charge on any atom is -0.457 e. The van der Waals surface area contributed by atoms with Crippen LogP contribution in [0.1, 0.15) is 174 Å². The summed E-state index contributed by atoms with van der Waals surface area (Å²) in [6, 6.07) is 0. The molecule has 2 rings (SSSR count). The third-order valence-electron chi connectivity index (χ3n) is 12.3. The van der Waals surface area contributed by atoms with Crippen molar-refractivity contribution in [1.29, 1.82) is 0 Å². The van der Waals surface area contributed by atoms with E-state index in [1.54, 1.807) is 6.08 Å². The van der Waals surface area contributed by atoms with Gasteiger partial charge in [-0.3, -0.25) is 4.79 Å². The number of ether oxygens (including phenoxy) is 6. The molecule has 7 N–H and O–H groups in total. The molecule has 2 fully saturated rings. The number of aliphatic hydroxyl groups is 7. The Morgan fingerprint density at radius 2 is 0.897 bits per heavy atom. The van der Waals surface area contributed by atoms with Gasteiger partial charge in [0.05, 0.1) is 32.8 Å². The van der Waals surface area contributed by atoms with Crippen LogP contribution in [0.15, 0.2) is 60.8 Å². The van der Waals surface area contributed by atoms with Crippen molar-refractivity contribution in [1.82, 2.24) is 0 Å². The van der Waals surface area contributed by atoms with Gasteiger partial charge in [-0.05, 0) is 38.5 Å². The zero-order valence-corrected chi connectivity index (χ0v) is 41.8. The summed E-state index contributed by atoms with van der Waals surface area (Å²) in [5.74, 6) is -0.501. The number of unbranched alkanes of at least 4 members (excludes halogenated alkanes) is 18. The minimum absolute atomic E-state index is 0.0219. The van der Waals surface area contributed by atoms with Gasteiger partial charge in [0.25, 0.3) is 0 Å². The maximum atomic E-state index is 12.9. The molecule has 0 aliphatic carbocycles. The fourth-order valence-corrected chi connectivity index (χ4v) is 8.07. The Balaban J connectivity index is 1.78. The number of carbonyl (C=O) groups excluding carboxylic acids is 1. The molecular formula is C54H94O14. The second-order valence-corrected chi connectivity index (χ2v) is 18.3. The molecule has 394 valence electrons. The van der Waals surface area contributed by atoms with Gasteiger partial charge in [0, 0.05) is 6.61 Å². The summed E-state index contributed by atoms with van der Waals surface area (Å²) < 4.78 is 34.1. The molecule has 0 radical (unpaired) electrons. The summed E-state index contributed by atoms with van der Waals surface area (Å²) in [5.41, 5.74) is 0. The Kier molecular flexibility index (Phi) is 37.6. The molecule has 11 atom stereocenters. The van der Waals surface area contributed by atoms with Crippen molar-refractivity contribution in [2.45, 2.75) is 242 Å². The van der Waals surface area contributed by atoms with Gasteiger partial charge < -0.3 is 64.2 Å². The molecule has 0 aromatic rings. The van der Waals surface area contributed by atoms with E-state index in [9.17, 15) is 40.5 Å². The average molecular weight is 967 g/mol. The third kappa shape index (κ3) is 28.5. The topological polar surface area (TPSA) is 214 Å². The van der Waals surface area contributed by atoms with E-state index in [0.717, 1.165) is 44.9 Å². The quantitative estimate of drug-likeness (QED) is 0.0175. The largest absolute Gasteiger partial charge is 0.457 e. The predicted octanol–water partition coefficient (Wildman–Crippen LogP) is 8.13. The Bertz CT molecular complexity index is 1350. The lowest BCUT2D eigenvalue weighted by atomic mass is 9.98. The summed E-state index contributed by atoms with van der Waals surface area (Å²) in [6.07, 6.45) is 33.2. The molecule has 14 heteroatoms. The molecule has 11 unspecified atom stereocenters. The van der Waals surface area contributed by atoms with Crippen LogP contribution < -0.4 is 0 Å². The Morgan fingerprint density at radius 1 is 0.485 bits per heavy atom. The van der Waals surface area contributed by atoms with Crippen molar-refractivity contribution < 1.29 is 69.0 Å². The first kappa shape index (κ1) is 61.8. The Morgan fingerprint density at radius 3 is 1.37 bits per heavy atom. The monoisotopic (exact) mass is 967 g/mol. The highest BCUT2D eigenvalue weighted by molar-refractivity contribution is 5.71. The molecule has 2 aliphatic heterocycles. The fourth-order valence-electron chi connectivity index (χ4n) is 8.07. The van der Waals surface area contributed by atoms with Gasteiger partial charge in [0.15, 0.2) is 12.6 Å². The van der Waals surface area contributed by atoms with Crippen LogP contribution in [0.5, 0.6) is 0 Å². The van der Waals surface area contributed by atoms with Crippen LogP contribution in [-0.2, 0) is 33.2 Å². The molecule has 0 amide bonds. The highest BCUT2D eigenvalue weighted by Gasteiger charge is 2.47. The van der Waals surface area contributed by atoms with Crippen LogP contribution in [0.3, 0.4) is 0 Å². The summed E-state index contributed by atoms with van der Waals surface area (Å²) in [7, 11) is 0. The number of hydrogen-bond donors (Lipinski definition) is 7. The molecule has 2 aliphatic rings. The first-order valence-corrected chi connectivity index (χ1v) is 26.4. The summed E-state index contributed by atoms with van der Waals surface area (Å²) in [5, 5.41) is 72.1. The molecule has 2 saturated heterocycles. The molecule has 2 heterocycles. The lowest BCUT2D eigenvalue weighted by Gasteiger charge is -2.42. The summed E-state index contributed by atoms with van der Waals surface area (Å²) in [6.45, 7) is 3.45. The van der Waals surface area contributed by atoms with Crippen LogP contribution in [-0.4, -0.2) is 142 Å². The van der Waals surface area contributed by atoms with E-state index >= 15 is 0 Å². The summed E-state index contributed by atoms with van der Waals surface area (Å²) >= 11 is 0. The number of aliphatic hydroxyl groups excluding tert-OH is 7. The van der Waals surface area contributed by atoms with E-state index < -0.39 is 86.7 Å². The van der Waals surface area contributed by atoms with Gasteiger partial charge in [-0.15, -0.1) is 0 Å². The maximum absolute atomic E-state index is 12.9. The van der Waals surface area contributed by atoms with Crippen LogP contribution in [0.25, 0.3) is 0 Å². The zero-order chi connectivity index (χ0) is 49.5. The van der Waals surface area contributed by atoms with Crippen molar-refractivity contribution in [3.63, 3.8) is 0 Å². The molecule has 0 aromatic heterocycles. The first-order valence-electron chi connectivity index (χ1n) is 26.4. The van der Waals surface area contributed by atoms with Crippen LogP contribution in [0.4, 0.5) is 0 Å². The second kappa shape index (κ2) is 41.3. The van der Waals surface area contributed by atoms with Crippen LogP contribution >= 0.6 is 0 Å². The van der Waals surface area contributed by atoms with Gasteiger partial charge in [0.1, 0.15) is 54.9 Å². The number of rotatable bonds is 41. The van der Waals surface area contributed by atoms with Crippen molar-refractivity contribution in [3.8, 4) is 0 Å². The molecule has 68 heavy (non-hydrogen) atoms. The molecule has 0 saturated carbocycles. The van der Waals surface area contributed by atoms with Gasteiger partial charge in [-0.25, -0.2) is 0 Å². The van der Waals surface area contributed by atoms with E-state index in [4.69, 9.17) is 28.4 Å². The standard InChI is InChI=1S/C54H94O14/c1-3-5-7-9-11-13-15-17-19-20-21-22-24-26-28-30-32-34-36-38-63-40-43(66-46(56)37-35-33-31-29-27-25-23-18-16-14-12-10-8-6-4-2)41-64-53-52(62)50(60)48(58)45(68-53)42-65-54-51(61)49(59)47(57)44(39-55)67-54/h6,8,12,14,18,23,27,29,33,35,43-45,47-55,57-62H,3-5,7,9-11,13,15-17,19-22,24-26,28,30-32,34,36-42H2,1-2H3/b8-6-,14-12-,23-18-,29-27-,35-33-. The fraction of sp³-hybridized carbons (Fsp3) is 0.796. The minimum atomic E-state index is -1.72. The van der Waals surface area contributed by atoms with E-state index in [-0.39, 0.29) is 19.6 Å². The Labute approximate surface area is 409 Å². The highest BCUT2D eigenvalue weighted by atomic mass is 16.7. The average Bonchev–Trinajstić information content (AvgIpc) is 3.33. The maximum Gasteiger partial charge on any atom is 0.310 e. The van der Waals surface area contributed by atoms with Gasteiger partial charge in [-0.2, -0.15) is 0 Å². The van der Waals surface area contributed by atoms with E-state index in [0.29, 0.717) is 13.0 Å². The number of hydrogen-bond acceptors (Lipinski definition) is 14. The lowest BCUT2D eigenvalue weighted by molar-refractivity contribution is -0.332. The van der Waals surface area contributed by atoms with Crippen molar-refractivity contribution in [2.75, 3.05) is 33.0 Å². The van der Waals surface area contributed by atoms with Crippen molar-refractivity contribution in [3.05, 3.63) is 60.8 Å². The van der Waals surface area contributed by atoms with Crippen molar-refractivity contribution >= 4 is 5.97 Å². The Hall–Kier alpha value is -2.31. The second-order valence-electron chi connectivity index (χ2n) is 18.3. The molecule has 0 spiro atoms. The molecule has 14 nitrogen and oxygen atoms in total. The lowest BCUT2D eigenvalue weighted by Crippen LogP contribution is -2.61. The normalized spacial score (nSPS) is 26.4. The number of esters is 1. The molecule has 0 bridgehead atoms. The summed E-state index contributed by atoms with van der Waals surface area (Å²) in [4.78, 5) is 12.9. The smallest absolute Gasteiger partial charge is 0.310 e. The zero-order valence-electron chi connectivity index (χ0n) is 41.8. The van der Waals surface area contributed by atoms with E-state index in [1.165, 1.54) is 103 Å². The third-order valence-corrected chi connectivity index (χ3v) is 12.3. The van der Waals surface area contributed by atoms with Gasteiger partial charge in [0.2, 0.25) is 0 Å². The van der Waals surface area contributed by atoms with Gasteiger partial charge in [-0.1, -0.05) is 190 Å². The van der Waals surface area contributed by atoms with E-state index in [1.807, 2.05) is 12.2 Å². The molecule has 0 aromatic carbocycles. The van der Waals surface area contributed by atoms with Crippen molar-refractivity contribution in [2.24, 2.45) is 0 Å². The number of carbonyl (C=O) groups is 1. The number of allylic oxidation sites excluding steroid dienone is 9. The predicted molar refractivity (Wildman–Crippen MR) is 266 cm³/mol. The van der Waals surface area contributed by atoms with E-state index in [2.05, 4.69) is 56.4 Å². The first-order chi connectivity index (χ1) is 33.1. The molecular weight excluding hydrogens is 873 g/mol. The SMILES string of the molecule is CC/C=C\C/C=C\C/C=C\C/C=C\C/C=C\CC(=O)OC(COCCCCCCCCCCCCCCCCCCCCC)COC1OC(COC2OC(CO)C(O)C(O)C2O)C(O)C(O)C1O. The van der Waals surface area contributed by atoms with Crippen LogP contribution in [0.2, 0.25) is 0 Å². The van der Waals surface area contributed by atoms with Crippen LogP contribution in [0, 0.1) is 0 Å². The van der Waals surface area contributed by atoms with Gasteiger partial charge >= 0.3 is 5.97 Å². The highest BCUT2D eigenvalue weighted by Crippen LogP contribution is 2.26.